The molecule has 32 heavy (non-hydrogen) atoms. The Morgan fingerprint density at radius 3 is 1.62 bits per heavy atom. The molecule has 0 aromatic rings. The molecule has 0 aliphatic heterocycles. The monoisotopic (exact) mass is 456 g/mol. The number of unbranched alkanes of at least 4 members (excludes halogenated alkanes) is 3. The second-order valence-electron chi connectivity index (χ2n) is 9.32. The zero-order valence-electron chi connectivity index (χ0n) is 21.1. The Hall–Kier alpha value is -1.46. The minimum atomic E-state index is -0.575. The molecule has 6 heteroatoms. The number of carbonyl (C=O) groups excluding carboxylic acids is 2. The fourth-order valence-corrected chi connectivity index (χ4v) is 4.28. The van der Waals surface area contributed by atoms with Gasteiger partial charge in [0.15, 0.2) is 0 Å². The summed E-state index contributed by atoms with van der Waals surface area (Å²) in [5.41, 5.74) is 0. The normalized spacial score (nSPS) is 20.2. The summed E-state index contributed by atoms with van der Waals surface area (Å²) in [5.74, 6) is 0.824. The van der Waals surface area contributed by atoms with E-state index in [2.05, 4.69) is 27.7 Å². The van der Waals surface area contributed by atoms with Crippen molar-refractivity contribution in [2.75, 3.05) is 13.2 Å². The second kappa shape index (κ2) is 18.0. The predicted molar refractivity (Wildman–Crippen MR) is 127 cm³/mol. The van der Waals surface area contributed by atoms with Crippen LogP contribution >= 0.6 is 0 Å². The Kier molecular flexibility index (Phi) is 16.1. The third-order valence-corrected chi connectivity index (χ3v) is 6.48. The van der Waals surface area contributed by atoms with Crippen molar-refractivity contribution in [3.8, 4) is 0 Å². The maximum atomic E-state index is 12.1. The molecular weight excluding hydrogens is 408 g/mol. The van der Waals surface area contributed by atoms with Gasteiger partial charge in [-0.3, -0.25) is 0 Å². The van der Waals surface area contributed by atoms with Gasteiger partial charge in [0.2, 0.25) is 0 Å². The van der Waals surface area contributed by atoms with E-state index >= 15 is 0 Å². The first-order valence-corrected chi connectivity index (χ1v) is 13.2. The van der Waals surface area contributed by atoms with E-state index in [1.807, 2.05) is 0 Å². The minimum Gasteiger partial charge on any atom is -0.434 e. The highest BCUT2D eigenvalue weighted by molar-refractivity contribution is 5.60. The molecular formula is C26H48O6. The van der Waals surface area contributed by atoms with Gasteiger partial charge in [-0.2, -0.15) is 0 Å². The fraction of sp³-hybridized carbons (Fsp3) is 0.923. The number of hydrogen-bond acceptors (Lipinski definition) is 6. The molecule has 1 fully saturated rings. The van der Waals surface area contributed by atoms with Crippen LogP contribution in [0.5, 0.6) is 0 Å². The molecule has 0 bridgehead atoms. The van der Waals surface area contributed by atoms with Crippen molar-refractivity contribution in [3.05, 3.63) is 0 Å². The largest absolute Gasteiger partial charge is 0.508 e. The van der Waals surface area contributed by atoms with E-state index in [9.17, 15) is 9.59 Å². The molecule has 1 aliphatic carbocycles. The fourth-order valence-electron chi connectivity index (χ4n) is 4.28. The van der Waals surface area contributed by atoms with Gasteiger partial charge in [-0.25, -0.2) is 9.59 Å². The maximum Gasteiger partial charge on any atom is 0.508 e. The van der Waals surface area contributed by atoms with Crippen LogP contribution in [-0.2, 0) is 18.9 Å². The van der Waals surface area contributed by atoms with Crippen LogP contribution in [0.1, 0.15) is 118 Å². The molecule has 0 radical (unpaired) electrons. The summed E-state index contributed by atoms with van der Waals surface area (Å²) in [6.45, 7) is 9.52. The van der Waals surface area contributed by atoms with Gasteiger partial charge < -0.3 is 18.9 Å². The zero-order chi connectivity index (χ0) is 23.6. The van der Waals surface area contributed by atoms with Crippen molar-refractivity contribution in [3.63, 3.8) is 0 Å². The average molecular weight is 457 g/mol. The van der Waals surface area contributed by atoms with E-state index in [4.69, 9.17) is 18.9 Å². The Morgan fingerprint density at radius 2 is 1.16 bits per heavy atom. The lowest BCUT2D eigenvalue weighted by atomic mass is 9.95. The van der Waals surface area contributed by atoms with Gasteiger partial charge in [-0.15, -0.1) is 0 Å². The Balaban J connectivity index is 2.22. The molecule has 1 aliphatic rings. The number of ether oxygens (including phenoxy) is 4. The van der Waals surface area contributed by atoms with Gasteiger partial charge >= 0.3 is 12.3 Å². The number of rotatable bonds is 16. The van der Waals surface area contributed by atoms with Crippen LogP contribution in [0.2, 0.25) is 0 Å². The maximum absolute atomic E-state index is 12.1. The average Bonchev–Trinajstić information content (AvgIpc) is 2.79. The van der Waals surface area contributed by atoms with Crippen LogP contribution in [0.3, 0.4) is 0 Å². The molecule has 0 N–H and O–H groups in total. The molecule has 188 valence electrons. The topological polar surface area (TPSA) is 71.1 Å². The van der Waals surface area contributed by atoms with Gasteiger partial charge in [0.25, 0.3) is 0 Å². The van der Waals surface area contributed by atoms with Crippen molar-refractivity contribution in [1.82, 2.24) is 0 Å². The summed E-state index contributed by atoms with van der Waals surface area (Å²) in [6.07, 6.45) is 12.5. The van der Waals surface area contributed by atoms with E-state index in [0.29, 0.717) is 50.7 Å². The molecule has 1 saturated carbocycles. The lowest BCUT2D eigenvalue weighted by molar-refractivity contribution is -0.0320. The van der Waals surface area contributed by atoms with Crippen LogP contribution in [0.25, 0.3) is 0 Å². The summed E-state index contributed by atoms with van der Waals surface area (Å²) in [6, 6.07) is 0. The lowest BCUT2D eigenvalue weighted by Gasteiger charge is -2.28. The van der Waals surface area contributed by atoms with Crippen molar-refractivity contribution < 1.29 is 28.5 Å². The zero-order valence-corrected chi connectivity index (χ0v) is 21.1. The van der Waals surface area contributed by atoms with Gasteiger partial charge in [-0.05, 0) is 56.8 Å². The van der Waals surface area contributed by atoms with E-state index in [0.717, 1.165) is 44.9 Å². The van der Waals surface area contributed by atoms with Crippen molar-refractivity contribution >= 4 is 12.3 Å². The smallest absolute Gasteiger partial charge is 0.434 e. The Bertz CT molecular complexity index is 487. The van der Waals surface area contributed by atoms with Gasteiger partial charge in [-0.1, -0.05) is 72.6 Å². The molecule has 2 unspecified atom stereocenters. The summed E-state index contributed by atoms with van der Waals surface area (Å²) in [4.78, 5) is 24.1. The number of hydrogen-bond donors (Lipinski definition) is 0. The summed E-state index contributed by atoms with van der Waals surface area (Å²) in [7, 11) is 0. The lowest BCUT2D eigenvalue weighted by Crippen LogP contribution is -2.30. The third kappa shape index (κ3) is 13.2. The van der Waals surface area contributed by atoms with Gasteiger partial charge in [0.05, 0.1) is 13.2 Å². The van der Waals surface area contributed by atoms with E-state index in [-0.39, 0.29) is 12.2 Å². The highest BCUT2D eigenvalue weighted by Crippen LogP contribution is 2.25. The molecule has 0 spiro atoms. The SMILES string of the molecule is CCCCCC(CCC)COC(=O)OC1CCC(OC(=O)OCC(CC)CCCC)CC1. The second-order valence-corrected chi connectivity index (χ2v) is 9.32. The predicted octanol–water partition coefficient (Wildman–Crippen LogP) is 7.82. The van der Waals surface area contributed by atoms with E-state index < -0.39 is 12.3 Å². The minimum absolute atomic E-state index is 0.165. The Labute approximate surface area is 196 Å². The van der Waals surface area contributed by atoms with Crippen molar-refractivity contribution in [1.29, 1.82) is 0 Å². The third-order valence-electron chi connectivity index (χ3n) is 6.48. The van der Waals surface area contributed by atoms with Crippen LogP contribution in [0.4, 0.5) is 9.59 Å². The molecule has 2 atom stereocenters. The highest BCUT2D eigenvalue weighted by atomic mass is 16.7. The van der Waals surface area contributed by atoms with Gasteiger partial charge in [0, 0.05) is 0 Å². The highest BCUT2D eigenvalue weighted by Gasteiger charge is 2.27. The molecule has 1 rings (SSSR count). The first kappa shape index (κ1) is 28.6. The molecule has 0 saturated heterocycles. The van der Waals surface area contributed by atoms with E-state index in [1.165, 1.54) is 19.3 Å². The first-order chi connectivity index (χ1) is 15.5. The number of carbonyl (C=O) groups is 2. The van der Waals surface area contributed by atoms with Crippen molar-refractivity contribution in [2.24, 2.45) is 11.8 Å². The summed E-state index contributed by atoms with van der Waals surface area (Å²) >= 11 is 0. The molecule has 6 nitrogen and oxygen atoms in total. The van der Waals surface area contributed by atoms with Crippen LogP contribution < -0.4 is 0 Å². The molecule has 0 aromatic heterocycles. The molecule has 0 aromatic carbocycles. The summed E-state index contributed by atoms with van der Waals surface area (Å²) in [5, 5.41) is 0. The van der Waals surface area contributed by atoms with Crippen molar-refractivity contribution in [2.45, 2.75) is 130 Å². The molecule has 0 heterocycles. The summed E-state index contributed by atoms with van der Waals surface area (Å²) < 4.78 is 21.7. The Morgan fingerprint density at radius 1 is 0.656 bits per heavy atom. The van der Waals surface area contributed by atoms with Gasteiger partial charge in [0.1, 0.15) is 12.2 Å². The van der Waals surface area contributed by atoms with E-state index in [1.54, 1.807) is 0 Å². The standard InChI is InChI=1S/C26H48O6/c1-5-9-11-14-22(12-7-3)20-30-26(28)32-24-17-15-23(16-18-24)31-25(27)29-19-21(8-4)13-10-6-2/h21-24H,5-20H2,1-4H3. The first-order valence-electron chi connectivity index (χ1n) is 13.2. The molecule has 0 amide bonds. The van der Waals surface area contributed by atoms with Crippen LogP contribution in [0, 0.1) is 11.8 Å². The quantitative estimate of drug-likeness (QED) is 0.174. The van der Waals surface area contributed by atoms with Crippen LogP contribution in [-0.4, -0.2) is 37.7 Å². The van der Waals surface area contributed by atoms with Crippen LogP contribution in [0.15, 0.2) is 0 Å².